The van der Waals surface area contributed by atoms with Crippen LogP contribution in [-0.4, -0.2) is 55.0 Å². The molecule has 0 amide bonds. The van der Waals surface area contributed by atoms with Crippen LogP contribution in [0.25, 0.3) is 0 Å². The average molecular weight is 242 g/mol. The van der Waals surface area contributed by atoms with E-state index in [9.17, 15) is 5.11 Å². The van der Waals surface area contributed by atoms with E-state index in [0.717, 1.165) is 26.1 Å². The zero-order chi connectivity index (χ0) is 12.5. The molecule has 1 saturated heterocycles. The Hall–Kier alpha value is -0.160. The topological polar surface area (TPSA) is 58.7 Å². The summed E-state index contributed by atoms with van der Waals surface area (Å²) in [7, 11) is 1.79. The van der Waals surface area contributed by atoms with E-state index in [1.807, 2.05) is 0 Å². The Kier molecular flexibility index (Phi) is 4.08. The van der Waals surface area contributed by atoms with E-state index >= 15 is 0 Å². The minimum absolute atomic E-state index is 0.0986. The summed E-state index contributed by atoms with van der Waals surface area (Å²) in [6.45, 7) is 5.17. The van der Waals surface area contributed by atoms with Crippen LogP contribution >= 0.6 is 0 Å². The van der Waals surface area contributed by atoms with Gasteiger partial charge in [-0.25, -0.2) is 0 Å². The summed E-state index contributed by atoms with van der Waals surface area (Å²) in [5.74, 6) is 1.14. The first kappa shape index (κ1) is 13.3. The van der Waals surface area contributed by atoms with Crippen molar-refractivity contribution in [2.75, 3.05) is 33.4 Å². The highest BCUT2D eigenvalue weighted by Crippen LogP contribution is 2.38. The molecule has 4 heteroatoms. The maximum atomic E-state index is 9.52. The molecular formula is C13H26N2O2. The predicted molar refractivity (Wildman–Crippen MR) is 67.7 cm³/mol. The Balaban J connectivity index is 1.90. The number of aliphatic hydroxyl groups is 1. The van der Waals surface area contributed by atoms with Gasteiger partial charge in [-0.05, 0) is 37.6 Å². The molecule has 0 bridgehead atoms. The molecule has 2 rings (SSSR count). The van der Waals surface area contributed by atoms with Crippen molar-refractivity contribution in [3.8, 4) is 0 Å². The standard InChI is InChI=1S/C13H26N2O2/c1-10-5-6-15(7-12(10)17-2)8-13(14,9-16)11-3-4-11/h10-12,16H,3-9,14H2,1-2H3. The average Bonchev–Trinajstić information content (AvgIpc) is 3.16. The number of piperidine rings is 1. The Morgan fingerprint density at radius 3 is 2.65 bits per heavy atom. The molecule has 0 aromatic carbocycles. The third-order valence-corrected chi connectivity index (χ3v) is 4.48. The van der Waals surface area contributed by atoms with Gasteiger partial charge in [0, 0.05) is 20.2 Å². The second kappa shape index (κ2) is 5.22. The monoisotopic (exact) mass is 242 g/mol. The van der Waals surface area contributed by atoms with E-state index in [-0.39, 0.29) is 6.61 Å². The largest absolute Gasteiger partial charge is 0.394 e. The number of likely N-dealkylation sites (tertiary alicyclic amines) is 1. The van der Waals surface area contributed by atoms with Gasteiger partial charge in [0.05, 0.1) is 18.2 Å². The maximum absolute atomic E-state index is 9.52. The van der Waals surface area contributed by atoms with Crippen molar-refractivity contribution in [3.63, 3.8) is 0 Å². The summed E-state index contributed by atoms with van der Waals surface area (Å²) < 4.78 is 5.51. The smallest absolute Gasteiger partial charge is 0.0724 e. The summed E-state index contributed by atoms with van der Waals surface area (Å²) in [5.41, 5.74) is 5.93. The van der Waals surface area contributed by atoms with Crippen molar-refractivity contribution < 1.29 is 9.84 Å². The van der Waals surface area contributed by atoms with Crippen molar-refractivity contribution in [1.29, 1.82) is 0 Å². The first-order chi connectivity index (χ1) is 8.09. The van der Waals surface area contributed by atoms with Gasteiger partial charge in [0.25, 0.3) is 0 Å². The molecule has 1 saturated carbocycles. The summed E-state index contributed by atoms with van der Waals surface area (Å²) in [4.78, 5) is 2.36. The van der Waals surface area contributed by atoms with Crippen LogP contribution in [-0.2, 0) is 4.74 Å². The van der Waals surface area contributed by atoms with E-state index < -0.39 is 5.54 Å². The summed E-state index contributed by atoms with van der Waals surface area (Å²) in [6, 6.07) is 0. The Morgan fingerprint density at radius 2 is 2.12 bits per heavy atom. The van der Waals surface area contributed by atoms with Gasteiger partial charge in [-0.15, -0.1) is 0 Å². The second-order valence-corrected chi connectivity index (χ2v) is 5.94. The van der Waals surface area contributed by atoms with Crippen LogP contribution in [0.5, 0.6) is 0 Å². The highest BCUT2D eigenvalue weighted by atomic mass is 16.5. The van der Waals surface area contributed by atoms with Gasteiger partial charge < -0.3 is 15.6 Å². The van der Waals surface area contributed by atoms with Gasteiger partial charge >= 0.3 is 0 Å². The molecule has 0 spiro atoms. The lowest BCUT2D eigenvalue weighted by molar-refractivity contribution is -0.0163. The van der Waals surface area contributed by atoms with Crippen molar-refractivity contribution >= 4 is 0 Å². The van der Waals surface area contributed by atoms with Crippen molar-refractivity contribution in [2.24, 2.45) is 17.6 Å². The number of hydrogen-bond acceptors (Lipinski definition) is 4. The van der Waals surface area contributed by atoms with Gasteiger partial charge in [0.15, 0.2) is 0 Å². The predicted octanol–water partition coefficient (Wildman–Crippen LogP) is 0.443. The third kappa shape index (κ3) is 2.99. The zero-order valence-electron chi connectivity index (χ0n) is 11.1. The molecule has 0 aromatic heterocycles. The van der Waals surface area contributed by atoms with Crippen LogP contribution in [0.4, 0.5) is 0 Å². The Morgan fingerprint density at radius 1 is 1.41 bits per heavy atom. The Labute approximate surface area is 104 Å². The molecule has 3 N–H and O–H groups in total. The van der Waals surface area contributed by atoms with Gasteiger partial charge in [-0.1, -0.05) is 6.92 Å². The van der Waals surface area contributed by atoms with E-state index in [0.29, 0.717) is 17.9 Å². The molecule has 100 valence electrons. The fraction of sp³-hybridized carbons (Fsp3) is 1.00. The number of nitrogens with two attached hydrogens (primary N) is 1. The van der Waals surface area contributed by atoms with Crippen molar-refractivity contribution in [1.82, 2.24) is 4.90 Å². The van der Waals surface area contributed by atoms with Crippen molar-refractivity contribution in [2.45, 2.75) is 37.8 Å². The van der Waals surface area contributed by atoms with Crippen LogP contribution in [0.1, 0.15) is 26.2 Å². The van der Waals surface area contributed by atoms with Gasteiger partial charge in [0.1, 0.15) is 0 Å². The molecule has 1 aliphatic heterocycles. The minimum Gasteiger partial charge on any atom is -0.394 e. The van der Waals surface area contributed by atoms with E-state index in [1.165, 1.54) is 12.8 Å². The molecule has 17 heavy (non-hydrogen) atoms. The van der Waals surface area contributed by atoms with Gasteiger partial charge in [0.2, 0.25) is 0 Å². The number of nitrogens with zero attached hydrogens (tertiary/aromatic N) is 1. The normalized spacial score (nSPS) is 34.6. The molecule has 1 aliphatic carbocycles. The van der Waals surface area contributed by atoms with E-state index in [4.69, 9.17) is 10.5 Å². The molecule has 2 fully saturated rings. The van der Waals surface area contributed by atoms with Gasteiger partial charge in [-0.2, -0.15) is 0 Å². The molecule has 2 aliphatic rings. The third-order valence-electron chi connectivity index (χ3n) is 4.48. The fourth-order valence-corrected chi connectivity index (χ4v) is 2.93. The van der Waals surface area contributed by atoms with Crippen molar-refractivity contribution in [3.05, 3.63) is 0 Å². The molecule has 0 aromatic rings. The number of hydrogen-bond donors (Lipinski definition) is 2. The molecule has 3 unspecified atom stereocenters. The number of methoxy groups -OCH3 is 1. The first-order valence-electron chi connectivity index (χ1n) is 6.74. The van der Waals surface area contributed by atoms with Crippen LogP contribution in [0.15, 0.2) is 0 Å². The summed E-state index contributed by atoms with van der Waals surface area (Å²) in [5, 5.41) is 9.52. The van der Waals surface area contributed by atoms with Gasteiger partial charge in [-0.3, -0.25) is 4.90 Å². The summed E-state index contributed by atoms with van der Waals surface area (Å²) in [6.07, 6.45) is 3.82. The lowest BCUT2D eigenvalue weighted by atomic mass is 9.91. The molecule has 1 heterocycles. The highest BCUT2D eigenvalue weighted by molar-refractivity contribution is 5.01. The van der Waals surface area contributed by atoms with Crippen LogP contribution in [0.2, 0.25) is 0 Å². The number of aliphatic hydroxyl groups excluding tert-OH is 1. The zero-order valence-corrected chi connectivity index (χ0v) is 11.1. The number of ether oxygens (including phenoxy) is 1. The molecule has 3 atom stereocenters. The lowest BCUT2D eigenvalue weighted by Gasteiger charge is -2.40. The number of rotatable bonds is 5. The molecule has 4 nitrogen and oxygen atoms in total. The quantitative estimate of drug-likeness (QED) is 0.734. The molecule has 0 radical (unpaired) electrons. The van der Waals surface area contributed by atoms with E-state index in [2.05, 4.69) is 11.8 Å². The maximum Gasteiger partial charge on any atom is 0.0724 e. The lowest BCUT2D eigenvalue weighted by Crippen LogP contribution is -2.57. The van der Waals surface area contributed by atoms with E-state index in [1.54, 1.807) is 7.11 Å². The highest BCUT2D eigenvalue weighted by Gasteiger charge is 2.43. The SMILES string of the molecule is COC1CN(CC(N)(CO)C2CC2)CCC1C. The molecular weight excluding hydrogens is 216 g/mol. The van der Waals surface area contributed by atoms with Crippen LogP contribution in [0.3, 0.4) is 0 Å². The second-order valence-electron chi connectivity index (χ2n) is 5.94. The van der Waals surface area contributed by atoms with Crippen LogP contribution in [0, 0.1) is 11.8 Å². The Bertz CT molecular complexity index is 258. The fourth-order valence-electron chi connectivity index (χ4n) is 2.93. The first-order valence-corrected chi connectivity index (χ1v) is 6.74. The summed E-state index contributed by atoms with van der Waals surface area (Å²) >= 11 is 0. The minimum atomic E-state index is -0.390. The van der Waals surface area contributed by atoms with Crippen LogP contribution < -0.4 is 5.73 Å².